The number of likely N-dealkylation sites (N-methyl/N-ethyl adjacent to an activating group) is 1. The first-order valence-electron chi connectivity index (χ1n) is 12.7. The number of carbonyl (C=O) groups is 2. The first-order chi connectivity index (χ1) is 18.4. The van der Waals surface area contributed by atoms with Gasteiger partial charge in [0, 0.05) is 43.1 Å². The number of ketones is 1. The van der Waals surface area contributed by atoms with Gasteiger partial charge >= 0.3 is 0 Å². The van der Waals surface area contributed by atoms with Gasteiger partial charge in [-0.1, -0.05) is 29.8 Å². The van der Waals surface area contributed by atoms with Crippen molar-refractivity contribution >= 4 is 28.8 Å². The Labute approximate surface area is 221 Å². The van der Waals surface area contributed by atoms with Crippen LogP contribution in [0.25, 0.3) is 5.76 Å². The molecule has 3 aromatic carbocycles. The average molecular weight is 512 g/mol. The SMILES string of the molecule is Cc1cccc(C2/C(=C(/O)c3ccc4c(c3)OCO4)C(=O)C(=O)N2c2ccc(N3CCN(C)CC3)cc2)c1. The molecular weight excluding hydrogens is 482 g/mol. The molecule has 0 saturated carbocycles. The Morgan fingerprint density at radius 3 is 2.32 bits per heavy atom. The van der Waals surface area contributed by atoms with E-state index in [1.807, 2.05) is 55.5 Å². The number of anilines is 2. The van der Waals surface area contributed by atoms with E-state index in [1.165, 1.54) is 4.90 Å². The Bertz CT molecular complexity index is 1440. The van der Waals surface area contributed by atoms with Crippen molar-refractivity contribution in [2.45, 2.75) is 13.0 Å². The summed E-state index contributed by atoms with van der Waals surface area (Å²) in [5.74, 6) is -0.599. The maximum Gasteiger partial charge on any atom is 0.300 e. The third-order valence-electron chi connectivity index (χ3n) is 7.44. The largest absolute Gasteiger partial charge is 0.507 e. The van der Waals surface area contributed by atoms with Crippen LogP contribution < -0.4 is 19.3 Å². The zero-order valence-electron chi connectivity index (χ0n) is 21.4. The summed E-state index contributed by atoms with van der Waals surface area (Å²) in [5.41, 5.74) is 3.83. The zero-order valence-corrected chi connectivity index (χ0v) is 21.4. The summed E-state index contributed by atoms with van der Waals surface area (Å²) < 4.78 is 10.8. The third kappa shape index (κ3) is 4.16. The van der Waals surface area contributed by atoms with Crippen LogP contribution in [0.5, 0.6) is 11.5 Å². The molecule has 1 amide bonds. The van der Waals surface area contributed by atoms with Gasteiger partial charge in [-0.3, -0.25) is 14.5 Å². The monoisotopic (exact) mass is 511 g/mol. The standard InChI is InChI=1S/C30H29N3O5/c1-19-4-3-5-20(16-19)27-26(28(34)21-6-11-24-25(17-21)38-18-37-24)29(35)30(36)33(27)23-9-7-22(8-10-23)32-14-12-31(2)13-15-32/h3-11,16-17,27,34H,12-15,18H2,1-2H3/b28-26-. The van der Waals surface area contributed by atoms with Gasteiger partial charge in [-0.25, -0.2) is 0 Å². The molecule has 1 N–H and O–H groups in total. The molecule has 0 spiro atoms. The van der Waals surface area contributed by atoms with Crippen molar-refractivity contribution < 1.29 is 24.2 Å². The maximum absolute atomic E-state index is 13.5. The number of aliphatic hydroxyl groups excluding tert-OH is 1. The van der Waals surface area contributed by atoms with Crippen LogP contribution in [0.3, 0.4) is 0 Å². The van der Waals surface area contributed by atoms with Crippen molar-refractivity contribution in [2.24, 2.45) is 0 Å². The normalized spacial score (nSPS) is 20.8. The molecule has 1 unspecified atom stereocenters. The van der Waals surface area contributed by atoms with Gasteiger partial charge in [-0.2, -0.15) is 0 Å². The molecule has 8 nitrogen and oxygen atoms in total. The van der Waals surface area contributed by atoms with Gasteiger partial charge in [0.2, 0.25) is 6.79 Å². The summed E-state index contributed by atoms with van der Waals surface area (Å²) in [6, 6.07) is 19.6. The molecule has 3 aliphatic rings. The van der Waals surface area contributed by atoms with Crippen LogP contribution in [0.1, 0.15) is 22.7 Å². The molecule has 3 heterocycles. The van der Waals surface area contributed by atoms with Gasteiger partial charge in [0.15, 0.2) is 11.5 Å². The molecule has 38 heavy (non-hydrogen) atoms. The highest BCUT2D eigenvalue weighted by molar-refractivity contribution is 6.51. The summed E-state index contributed by atoms with van der Waals surface area (Å²) in [5, 5.41) is 11.4. The van der Waals surface area contributed by atoms with Gasteiger partial charge in [0.05, 0.1) is 11.6 Å². The van der Waals surface area contributed by atoms with E-state index in [9.17, 15) is 14.7 Å². The molecule has 8 heteroatoms. The van der Waals surface area contributed by atoms with E-state index in [2.05, 4.69) is 16.8 Å². The fraction of sp³-hybridized carbons (Fsp3) is 0.267. The summed E-state index contributed by atoms with van der Waals surface area (Å²) >= 11 is 0. The third-order valence-corrected chi connectivity index (χ3v) is 7.44. The van der Waals surface area contributed by atoms with Crippen LogP contribution >= 0.6 is 0 Å². The average Bonchev–Trinajstić information content (AvgIpc) is 3.51. The number of Topliss-reactive ketones (excluding diaryl/α,β-unsaturated/α-hetero) is 1. The molecule has 2 fully saturated rings. The Kier molecular flexibility index (Phi) is 6.04. The molecule has 1 atom stereocenters. The Morgan fingerprint density at radius 2 is 1.58 bits per heavy atom. The number of hydrogen-bond donors (Lipinski definition) is 1. The highest BCUT2D eigenvalue weighted by atomic mass is 16.7. The second-order valence-corrected chi connectivity index (χ2v) is 9.96. The Balaban J connectivity index is 1.42. The zero-order chi connectivity index (χ0) is 26.4. The van der Waals surface area contributed by atoms with Gasteiger partial charge in [0.25, 0.3) is 11.7 Å². The number of amides is 1. The predicted octanol–water partition coefficient (Wildman–Crippen LogP) is 4.10. The van der Waals surface area contributed by atoms with E-state index >= 15 is 0 Å². The number of rotatable bonds is 4. The molecule has 2 saturated heterocycles. The predicted molar refractivity (Wildman–Crippen MR) is 145 cm³/mol. The molecular formula is C30H29N3O5. The highest BCUT2D eigenvalue weighted by Crippen LogP contribution is 2.44. The van der Waals surface area contributed by atoms with E-state index in [0.717, 1.165) is 43.0 Å². The topological polar surface area (TPSA) is 82.5 Å². The van der Waals surface area contributed by atoms with Crippen molar-refractivity contribution in [3.05, 3.63) is 89.0 Å². The Hall–Kier alpha value is -4.30. The van der Waals surface area contributed by atoms with Gasteiger partial charge in [0.1, 0.15) is 5.76 Å². The van der Waals surface area contributed by atoms with Gasteiger partial charge < -0.3 is 24.4 Å². The molecule has 194 valence electrons. The minimum absolute atomic E-state index is 0.0441. The number of nitrogens with zero attached hydrogens (tertiary/aromatic N) is 3. The number of ether oxygens (including phenoxy) is 2. The van der Waals surface area contributed by atoms with Crippen molar-refractivity contribution in [1.29, 1.82) is 0 Å². The lowest BCUT2D eigenvalue weighted by Crippen LogP contribution is -2.44. The molecule has 0 radical (unpaired) electrons. The van der Waals surface area contributed by atoms with E-state index in [4.69, 9.17) is 9.47 Å². The first kappa shape index (κ1) is 24.1. The molecule has 3 aliphatic heterocycles. The first-order valence-corrected chi connectivity index (χ1v) is 12.7. The van der Waals surface area contributed by atoms with Crippen LogP contribution in [0.4, 0.5) is 11.4 Å². The second kappa shape index (κ2) is 9.54. The molecule has 0 aromatic heterocycles. The van der Waals surface area contributed by atoms with Crippen molar-refractivity contribution in [3.8, 4) is 11.5 Å². The molecule has 0 bridgehead atoms. The summed E-state index contributed by atoms with van der Waals surface area (Å²) in [7, 11) is 2.12. The van der Waals surface area contributed by atoms with Crippen LogP contribution in [-0.4, -0.2) is 61.7 Å². The molecule has 6 rings (SSSR count). The van der Waals surface area contributed by atoms with E-state index in [-0.39, 0.29) is 18.1 Å². The fourth-order valence-electron chi connectivity index (χ4n) is 5.34. The number of aryl methyl sites for hydroxylation is 1. The lowest BCUT2D eigenvalue weighted by molar-refractivity contribution is -0.132. The van der Waals surface area contributed by atoms with E-state index in [1.54, 1.807) is 18.2 Å². The number of aliphatic hydroxyl groups is 1. The number of piperazine rings is 1. The summed E-state index contributed by atoms with van der Waals surface area (Å²) in [6.45, 7) is 5.89. The summed E-state index contributed by atoms with van der Waals surface area (Å²) in [4.78, 5) is 33.1. The van der Waals surface area contributed by atoms with Crippen molar-refractivity contribution in [3.63, 3.8) is 0 Å². The fourth-order valence-corrected chi connectivity index (χ4v) is 5.34. The highest BCUT2D eigenvalue weighted by Gasteiger charge is 2.47. The van der Waals surface area contributed by atoms with E-state index in [0.29, 0.717) is 22.7 Å². The maximum atomic E-state index is 13.5. The van der Waals surface area contributed by atoms with Gasteiger partial charge in [-0.05, 0) is 62.0 Å². The van der Waals surface area contributed by atoms with Crippen LogP contribution in [0.2, 0.25) is 0 Å². The minimum atomic E-state index is -0.783. The van der Waals surface area contributed by atoms with Crippen LogP contribution in [-0.2, 0) is 9.59 Å². The van der Waals surface area contributed by atoms with Crippen molar-refractivity contribution in [1.82, 2.24) is 4.90 Å². The van der Waals surface area contributed by atoms with Crippen LogP contribution in [0, 0.1) is 6.92 Å². The number of benzene rings is 3. The number of fused-ring (bicyclic) bond motifs is 1. The van der Waals surface area contributed by atoms with Crippen molar-refractivity contribution in [2.75, 3.05) is 49.8 Å². The lowest BCUT2D eigenvalue weighted by Gasteiger charge is -2.34. The number of carbonyl (C=O) groups excluding carboxylic acids is 2. The Morgan fingerprint density at radius 1 is 0.868 bits per heavy atom. The minimum Gasteiger partial charge on any atom is -0.507 e. The molecule has 0 aliphatic carbocycles. The quantitative estimate of drug-likeness (QED) is 0.321. The van der Waals surface area contributed by atoms with Crippen LogP contribution in [0.15, 0.2) is 72.3 Å². The van der Waals surface area contributed by atoms with Gasteiger partial charge in [-0.15, -0.1) is 0 Å². The summed E-state index contributed by atoms with van der Waals surface area (Å²) in [6.07, 6.45) is 0. The molecule has 3 aromatic rings. The van der Waals surface area contributed by atoms with E-state index < -0.39 is 17.7 Å². The lowest BCUT2D eigenvalue weighted by atomic mass is 9.94. The second-order valence-electron chi connectivity index (χ2n) is 9.96. The smallest absolute Gasteiger partial charge is 0.300 e. The number of hydrogen-bond acceptors (Lipinski definition) is 7.